The molecule has 0 aliphatic rings. The molecule has 1 aromatic heterocycles. The van der Waals surface area contributed by atoms with Crippen LogP contribution in [0.15, 0.2) is 66.7 Å². The number of aromatic nitrogens is 1. The Morgan fingerprint density at radius 1 is 1.00 bits per heavy atom. The van der Waals surface area contributed by atoms with Gasteiger partial charge in [-0.1, -0.05) is 48.0 Å². The van der Waals surface area contributed by atoms with Crippen molar-refractivity contribution in [3.05, 3.63) is 88.4 Å². The summed E-state index contributed by atoms with van der Waals surface area (Å²) in [5.41, 5.74) is 5.33. The van der Waals surface area contributed by atoms with Gasteiger partial charge in [0.25, 0.3) is 0 Å². The van der Waals surface area contributed by atoms with Gasteiger partial charge in [-0.2, -0.15) is 0 Å². The van der Waals surface area contributed by atoms with Crippen molar-refractivity contribution in [1.29, 1.82) is 0 Å². The number of carboxylic acids is 1. The molecule has 0 aliphatic carbocycles. The first kappa shape index (κ1) is 19.8. The largest absolute Gasteiger partial charge is 0.478 e. The predicted octanol–water partition coefficient (Wildman–Crippen LogP) is 4.83. The third kappa shape index (κ3) is 4.55. The van der Waals surface area contributed by atoms with Crippen LogP contribution in [0.1, 0.15) is 26.5 Å². The van der Waals surface area contributed by atoms with Crippen LogP contribution in [0.4, 0.5) is 0 Å². The number of aromatic carboxylic acids is 1. The fourth-order valence-corrected chi connectivity index (χ4v) is 4.27. The number of carboxylic acid groups (broad SMARTS) is 1. The van der Waals surface area contributed by atoms with Gasteiger partial charge in [-0.3, -0.25) is 4.79 Å². The molecule has 0 unspecified atom stereocenters. The molecule has 0 bridgehead atoms. The van der Waals surface area contributed by atoms with E-state index in [0.717, 1.165) is 31.9 Å². The molecule has 150 valence electrons. The summed E-state index contributed by atoms with van der Waals surface area (Å²) >= 11 is 1.52. The van der Waals surface area contributed by atoms with Crippen molar-refractivity contribution in [1.82, 2.24) is 10.3 Å². The lowest BCUT2D eigenvalue weighted by molar-refractivity contribution is -0.120. The van der Waals surface area contributed by atoms with Crippen LogP contribution in [-0.4, -0.2) is 22.0 Å². The molecule has 0 fully saturated rings. The Labute approximate surface area is 178 Å². The number of rotatable bonds is 6. The van der Waals surface area contributed by atoms with Gasteiger partial charge in [-0.05, 0) is 47.9 Å². The highest BCUT2D eigenvalue weighted by Gasteiger charge is 2.11. The van der Waals surface area contributed by atoms with E-state index in [0.29, 0.717) is 0 Å². The summed E-state index contributed by atoms with van der Waals surface area (Å²) in [5, 5.41) is 12.7. The standard InChI is InChI=1S/C24H20N2O3S/c1-15-4-2-6-17(10-15)18-8-9-20-21(12-18)30-23(26-20)13-22(27)25-14-16-5-3-7-19(11-16)24(28)29/h2-12H,13-14H2,1H3,(H,25,27)(H,28,29). The maximum absolute atomic E-state index is 12.3. The average Bonchev–Trinajstić information content (AvgIpc) is 3.13. The molecule has 0 atom stereocenters. The first-order valence-electron chi connectivity index (χ1n) is 9.53. The van der Waals surface area contributed by atoms with Crippen LogP contribution in [0, 0.1) is 6.92 Å². The van der Waals surface area contributed by atoms with Crippen LogP contribution in [-0.2, 0) is 17.8 Å². The van der Waals surface area contributed by atoms with E-state index in [1.54, 1.807) is 18.2 Å². The summed E-state index contributed by atoms with van der Waals surface area (Å²) in [7, 11) is 0. The van der Waals surface area contributed by atoms with Crippen molar-refractivity contribution in [3.8, 4) is 11.1 Å². The number of nitrogens with one attached hydrogen (secondary N) is 1. The number of aryl methyl sites for hydroxylation is 1. The zero-order valence-corrected chi connectivity index (χ0v) is 17.2. The second kappa shape index (κ2) is 8.47. The molecule has 3 aromatic carbocycles. The topological polar surface area (TPSA) is 79.3 Å². The number of carbonyl (C=O) groups excluding carboxylic acids is 1. The lowest BCUT2D eigenvalue weighted by Crippen LogP contribution is -2.24. The third-order valence-corrected chi connectivity index (χ3v) is 5.78. The molecule has 0 saturated carbocycles. The van der Waals surface area contributed by atoms with E-state index in [2.05, 4.69) is 47.6 Å². The van der Waals surface area contributed by atoms with Crippen molar-refractivity contribution in [3.63, 3.8) is 0 Å². The summed E-state index contributed by atoms with van der Waals surface area (Å²) in [4.78, 5) is 28.0. The maximum atomic E-state index is 12.3. The van der Waals surface area contributed by atoms with E-state index in [1.807, 2.05) is 12.1 Å². The number of benzene rings is 3. The monoisotopic (exact) mass is 416 g/mol. The lowest BCUT2D eigenvalue weighted by atomic mass is 10.0. The molecule has 1 amide bonds. The predicted molar refractivity (Wildman–Crippen MR) is 119 cm³/mol. The van der Waals surface area contributed by atoms with Crippen LogP contribution in [0.3, 0.4) is 0 Å². The number of fused-ring (bicyclic) bond motifs is 1. The minimum atomic E-state index is -0.984. The number of amides is 1. The smallest absolute Gasteiger partial charge is 0.335 e. The fraction of sp³-hybridized carbons (Fsp3) is 0.125. The van der Waals surface area contributed by atoms with Crippen molar-refractivity contribution in [2.24, 2.45) is 0 Å². The highest BCUT2D eigenvalue weighted by molar-refractivity contribution is 7.18. The minimum Gasteiger partial charge on any atom is -0.478 e. The number of thiazole rings is 1. The van der Waals surface area contributed by atoms with Gasteiger partial charge < -0.3 is 10.4 Å². The van der Waals surface area contributed by atoms with Gasteiger partial charge in [-0.25, -0.2) is 9.78 Å². The molecule has 0 radical (unpaired) electrons. The highest BCUT2D eigenvalue weighted by Crippen LogP contribution is 2.29. The van der Waals surface area contributed by atoms with E-state index in [1.165, 1.54) is 23.0 Å². The molecule has 5 nitrogen and oxygen atoms in total. The number of carbonyl (C=O) groups is 2. The number of nitrogens with zero attached hydrogens (tertiary/aromatic N) is 1. The maximum Gasteiger partial charge on any atom is 0.335 e. The molecule has 4 rings (SSSR count). The first-order chi connectivity index (χ1) is 14.5. The van der Waals surface area contributed by atoms with Crippen LogP contribution in [0.25, 0.3) is 21.3 Å². The number of hydrogen-bond acceptors (Lipinski definition) is 4. The van der Waals surface area contributed by atoms with E-state index in [9.17, 15) is 9.59 Å². The molecule has 2 N–H and O–H groups in total. The van der Waals surface area contributed by atoms with Crippen molar-refractivity contribution < 1.29 is 14.7 Å². The Bertz CT molecular complexity index is 1250. The summed E-state index contributed by atoms with van der Waals surface area (Å²) in [5.74, 6) is -1.13. The van der Waals surface area contributed by atoms with Crippen molar-refractivity contribution >= 4 is 33.4 Å². The zero-order valence-electron chi connectivity index (χ0n) is 16.4. The Hall–Kier alpha value is -3.51. The van der Waals surface area contributed by atoms with E-state index < -0.39 is 5.97 Å². The number of hydrogen-bond donors (Lipinski definition) is 2. The average molecular weight is 417 g/mol. The molecule has 1 heterocycles. The molecular formula is C24H20N2O3S. The van der Waals surface area contributed by atoms with Gasteiger partial charge in [0, 0.05) is 6.54 Å². The molecule has 0 saturated heterocycles. The summed E-state index contributed by atoms with van der Waals surface area (Å²) in [6.07, 6.45) is 0.192. The van der Waals surface area contributed by atoms with Gasteiger partial charge >= 0.3 is 5.97 Å². The van der Waals surface area contributed by atoms with Crippen LogP contribution < -0.4 is 5.32 Å². The highest BCUT2D eigenvalue weighted by atomic mass is 32.1. The zero-order chi connectivity index (χ0) is 21.1. The van der Waals surface area contributed by atoms with Crippen molar-refractivity contribution in [2.45, 2.75) is 19.9 Å². The van der Waals surface area contributed by atoms with Gasteiger partial charge in [0.05, 0.1) is 22.2 Å². The van der Waals surface area contributed by atoms with E-state index in [4.69, 9.17) is 5.11 Å². The molecule has 0 spiro atoms. The quantitative estimate of drug-likeness (QED) is 0.472. The lowest BCUT2D eigenvalue weighted by Gasteiger charge is -2.05. The summed E-state index contributed by atoms with van der Waals surface area (Å²) < 4.78 is 1.05. The second-order valence-electron chi connectivity index (χ2n) is 7.12. The van der Waals surface area contributed by atoms with E-state index in [-0.39, 0.29) is 24.4 Å². The first-order valence-corrected chi connectivity index (χ1v) is 10.3. The Kier molecular flexibility index (Phi) is 5.59. The van der Waals surface area contributed by atoms with Crippen LogP contribution in [0.5, 0.6) is 0 Å². The molecule has 0 aliphatic heterocycles. The van der Waals surface area contributed by atoms with Gasteiger partial charge in [0.1, 0.15) is 5.01 Å². The van der Waals surface area contributed by atoms with Crippen LogP contribution in [0.2, 0.25) is 0 Å². The summed E-state index contributed by atoms with van der Waals surface area (Å²) in [6, 6.07) is 21.1. The molecular weight excluding hydrogens is 396 g/mol. The third-order valence-electron chi connectivity index (χ3n) is 4.76. The van der Waals surface area contributed by atoms with E-state index >= 15 is 0 Å². The van der Waals surface area contributed by atoms with Crippen LogP contribution >= 0.6 is 11.3 Å². The Morgan fingerprint density at radius 3 is 2.60 bits per heavy atom. The van der Waals surface area contributed by atoms with Gasteiger partial charge in [-0.15, -0.1) is 11.3 Å². The van der Waals surface area contributed by atoms with Gasteiger partial charge in [0.15, 0.2) is 0 Å². The molecule has 4 aromatic rings. The molecule has 30 heavy (non-hydrogen) atoms. The Balaban J connectivity index is 1.44. The normalized spacial score (nSPS) is 10.8. The SMILES string of the molecule is Cc1cccc(-c2ccc3nc(CC(=O)NCc4cccc(C(=O)O)c4)sc3c2)c1. The van der Waals surface area contributed by atoms with Crippen molar-refractivity contribution in [2.75, 3.05) is 0 Å². The van der Waals surface area contributed by atoms with Gasteiger partial charge in [0.2, 0.25) is 5.91 Å². The second-order valence-corrected chi connectivity index (χ2v) is 8.23. The minimum absolute atomic E-state index is 0.145. The fourth-order valence-electron chi connectivity index (χ4n) is 3.27. The Morgan fingerprint density at radius 2 is 1.80 bits per heavy atom. The molecule has 6 heteroatoms. The summed E-state index contributed by atoms with van der Waals surface area (Å²) in [6.45, 7) is 2.35.